The van der Waals surface area contributed by atoms with Gasteiger partial charge in [0.15, 0.2) is 21.3 Å². The molecule has 1 saturated heterocycles. The van der Waals surface area contributed by atoms with Crippen LogP contribution in [0.5, 0.6) is 11.5 Å². The predicted octanol–water partition coefficient (Wildman–Crippen LogP) is 0.435. The van der Waals surface area contributed by atoms with Crippen LogP contribution in [0.3, 0.4) is 0 Å². The molecule has 0 saturated carbocycles. The van der Waals surface area contributed by atoms with Gasteiger partial charge in [0, 0.05) is 26.7 Å². The number of ether oxygens (including phenoxy) is 2. The van der Waals surface area contributed by atoms with E-state index in [0.29, 0.717) is 37.6 Å². The molecule has 1 heterocycles. The maximum Gasteiger partial charge on any atom is 0.236 e. The molecule has 0 aliphatic carbocycles. The average molecular weight is 370 g/mol. The number of rotatable bonds is 7. The van der Waals surface area contributed by atoms with E-state index in [2.05, 4.69) is 0 Å². The Labute approximate surface area is 149 Å². The van der Waals surface area contributed by atoms with E-state index < -0.39 is 9.84 Å². The Kier molecular flexibility index (Phi) is 6.66. The van der Waals surface area contributed by atoms with Gasteiger partial charge in [0.25, 0.3) is 0 Å². The number of nitrogens with zero attached hydrogens (tertiary/aromatic N) is 2. The zero-order chi connectivity index (χ0) is 18.4. The highest BCUT2D eigenvalue weighted by atomic mass is 32.2. The lowest BCUT2D eigenvalue weighted by molar-refractivity contribution is -0.131. The number of hydrogen-bond acceptors (Lipinski definition) is 6. The molecule has 1 aromatic carbocycles. The molecule has 2 rings (SSSR count). The number of hydrogen-bond donors (Lipinski definition) is 0. The van der Waals surface area contributed by atoms with Gasteiger partial charge in [-0.25, -0.2) is 8.42 Å². The zero-order valence-electron chi connectivity index (χ0n) is 15.0. The monoisotopic (exact) mass is 370 g/mol. The van der Waals surface area contributed by atoms with Gasteiger partial charge in [-0.15, -0.1) is 0 Å². The quantitative estimate of drug-likeness (QED) is 0.693. The second-order valence-electron chi connectivity index (χ2n) is 6.18. The number of carbonyl (C=O) groups excluding carboxylic acids is 1. The lowest BCUT2D eigenvalue weighted by atomic mass is 10.1. The van der Waals surface area contributed by atoms with Crippen molar-refractivity contribution >= 4 is 15.7 Å². The van der Waals surface area contributed by atoms with Gasteiger partial charge in [-0.1, -0.05) is 6.07 Å². The van der Waals surface area contributed by atoms with Gasteiger partial charge in [-0.3, -0.25) is 9.69 Å². The van der Waals surface area contributed by atoms with Crippen molar-refractivity contribution < 1.29 is 22.7 Å². The average Bonchev–Trinajstić information content (AvgIpc) is 2.61. The summed E-state index contributed by atoms with van der Waals surface area (Å²) in [4.78, 5) is 15.9. The van der Waals surface area contributed by atoms with Crippen molar-refractivity contribution in [2.45, 2.75) is 6.42 Å². The molecule has 25 heavy (non-hydrogen) atoms. The standard InChI is InChI=1S/C17H26N2O5S/c1-18(17(20)13-19-8-10-25(21,22)11-9-19)7-6-14-4-5-15(23-2)16(12-14)24-3/h4-5,12H,6-11,13H2,1-3H3. The van der Waals surface area contributed by atoms with Crippen molar-refractivity contribution in [1.82, 2.24) is 9.80 Å². The molecule has 0 radical (unpaired) electrons. The molecule has 140 valence electrons. The third kappa shape index (κ3) is 5.61. The molecule has 8 heteroatoms. The van der Waals surface area contributed by atoms with Crippen LogP contribution >= 0.6 is 0 Å². The fourth-order valence-corrected chi connectivity index (χ4v) is 3.95. The Bertz CT molecular complexity index is 691. The van der Waals surface area contributed by atoms with E-state index in [4.69, 9.17) is 9.47 Å². The number of amides is 1. The van der Waals surface area contributed by atoms with E-state index >= 15 is 0 Å². The van der Waals surface area contributed by atoms with Crippen LogP contribution in [0.25, 0.3) is 0 Å². The second kappa shape index (κ2) is 8.53. The molecule has 0 atom stereocenters. The first kappa shape index (κ1) is 19.5. The van der Waals surface area contributed by atoms with Crippen molar-refractivity contribution in [1.29, 1.82) is 0 Å². The second-order valence-corrected chi connectivity index (χ2v) is 8.49. The fraction of sp³-hybridized carbons (Fsp3) is 0.588. The molecule has 1 aliphatic heterocycles. The first-order valence-corrected chi connectivity index (χ1v) is 10.0. The van der Waals surface area contributed by atoms with Gasteiger partial charge in [-0.05, 0) is 24.1 Å². The van der Waals surface area contributed by atoms with E-state index in [1.807, 2.05) is 23.1 Å². The fourth-order valence-electron chi connectivity index (χ4n) is 2.68. The summed E-state index contributed by atoms with van der Waals surface area (Å²) in [6.45, 7) is 1.70. The van der Waals surface area contributed by atoms with E-state index in [1.54, 1.807) is 26.2 Å². The minimum atomic E-state index is -2.92. The molecule has 7 nitrogen and oxygen atoms in total. The van der Waals surface area contributed by atoms with Crippen LogP contribution in [-0.4, -0.2) is 83.1 Å². The van der Waals surface area contributed by atoms with Gasteiger partial charge >= 0.3 is 0 Å². The van der Waals surface area contributed by atoms with Gasteiger partial charge < -0.3 is 14.4 Å². The number of sulfone groups is 1. The Balaban J connectivity index is 1.83. The van der Waals surface area contributed by atoms with Gasteiger partial charge in [0.2, 0.25) is 5.91 Å². The Morgan fingerprint density at radius 2 is 1.80 bits per heavy atom. The first-order valence-electron chi connectivity index (χ1n) is 8.22. The smallest absolute Gasteiger partial charge is 0.236 e. The third-order valence-corrected chi connectivity index (χ3v) is 6.01. The first-order chi connectivity index (χ1) is 11.8. The molecule has 0 unspecified atom stereocenters. The molecular formula is C17H26N2O5S. The van der Waals surface area contributed by atoms with Crippen molar-refractivity contribution in [2.24, 2.45) is 0 Å². The Morgan fingerprint density at radius 3 is 2.40 bits per heavy atom. The summed E-state index contributed by atoms with van der Waals surface area (Å²) < 4.78 is 33.4. The highest BCUT2D eigenvalue weighted by Gasteiger charge is 2.23. The maximum atomic E-state index is 12.3. The van der Waals surface area contributed by atoms with Crippen LogP contribution in [0.15, 0.2) is 18.2 Å². The number of methoxy groups -OCH3 is 2. The summed E-state index contributed by atoms with van der Waals surface area (Å²) >= 11 is 0. The topological polar surface area (TPSA) is 76.2 Å². The number of benzene rings is 1. The predicted molar refractivity (Wildman–Crippen MR) is 96.0 cm³/mol. The highest BCUT2D eigenvalue weighted by Crippen LogP contribution is 2.27. The van der Waals surface area contributed by atoms with E-state index in [-0.39, 0.29) is 24.0 Å². The molecule has 0 bridgehead atoms. The van der Waals surface area contributed by atoms with Crippen LogP contribution in [0.4, 0.5) is 0 Å². The summed E-state index contributed by atoms with van der Waals surface area (Å²) in [5.74, 6) is 1.62. The van der Waals surface area contributed by atoms with Crippen LogP contribution in [0.1, 0.15) is 5.56 Å². The van der Waals surface area contributed by atoms with Crippen LogP contribution in [0, 0.1) is 0 Å². The van der Waals surface area contributed by atoms with E-state index in [0.717, 1.165) is 5.56 Å². The lowest BCUT2D eigenvalue weighted by Crippen LogP contribution is -2.46. The van der Waals surface area contributed by atoms with Crippen molar-refractivity contribution in [2.75, 3.05) is 59.0 Å². The van der Waals surface area contributed by atoms with Crippen molar-refractivity contribution in [3.63, 3.8) is 0 Å². The van der Waals surface area contributed by atoms with E-state index in [9.17, 15) is 13.2 Å². The van der Waals surface area contributed by atoms with Gasteiger partial charge in [-0.2, -0.15) is 0 Å². The third-order valence-electron chi connectivity index (χ3n) is 4.41. The molecule has 1 amide bonds. The van der Waals surface area contributed by atoms with E-state index in [1.165, 1.54) is 0 Å². The summed E-state index contributed by atoms with van der Waals surface area (Å²) in [5, 5.41) is 0. The molecule has 0 N–H and O–H groups in total. The summed E-state index contributed by atoms with van der Waals surface area (Å²) in [6.07, 6.45) is 0.705. The Hall–Kier alpha value is -1.80. The largest absolute Gasteiger partial charge is 0.493 e. The minimum Gasteiger partial charge on any atom is -0.493 e. The molecule has 1 aromatic rings. The normalized spacial score (nSPS) is 17.1. The Morgan fingerprint density at radius 1 is 1.16 bits per heavy atom. The SMILES string of the molecule is COc1ccc(CCN(C)C(=O)CN2CCS(=O)(=O)CC2)cc1OC. The number of carbonyl (C=O) groups is 1. The minimum absolute atomic E-state index is 0.000209. The molecular weight excluding hydrogens is 344 g/mol. The van der Waals surface area contributed by atoms with Crippen molar-refractivity contribution in [3.8, 4) is 11.5 Å². The maximum absolute atomic E-state index is 12.3. The lowest BCUT2D eigenvalue weighted by Gasteiger charge is -2.28. The van der Waals surface area contributed by atoms with Gasteiger partial charge in [0.1, 0.15) is 0 Å². The van der Waals surface area contributed by atoms with Crippen LogP contribution in [0.2, 0.25) is 0 Å². The van der Waals surface area contributed by atoms with Crippen LogP contribution < -0.4 is 9.47 Å². The molecule has 0 spiro atoms. The molecule has 0 aromatic heterocycles. The van der Waals surface area contributed by atoms with Crippen LogP contribution in [-0.2, 0) is 21.1 Å². The highest BCUT2D eigenvalue weighted by molar-refractivity contribution is 7.91. The summed E-state index contributed by atoms with van der Waals surface area (Å²) in [5.41, 5.74) is 1.06. The van der Waals surface area contributed by atoms with Gasteiger partial charge in [0.05, 0.1) is 32.3 Å². The van der Waals surface area contributed by atoms with Crippen molar-refractivity contribution in [3.05, 3.63) is 23.8 Å². The summed E-state index contributed by atoms with van der Waals surface area (Å²) in [7, 11) is 2.03. The molecule has 1 aliphatic rings. The number of likely N-dealkylation sites (N-methyl/N-ethyl adjacent to an activating group) is 1. The summed E-state index contributed by atoms with van der Waals surface area (Å²) in [6, 6.07) is 5.71. The zero-order valence-corrected chi connectivity index (χ0v) is 15.8. The molecule has 1 fully saturated rings.